The summed E-state index contributed by atoms with van der Waals surface area (Å²) in [7, 11) is 0. The molecule has 3 N–H and O–H groups in total. The lowest BCUT2D eigenvalue weighted by atomic mass is 10.2. The van der Waals surface area contributed by atoms with E-state index in [0.717, 1.165) is 0 Å². The van der Waals surface area contributed by atoms with Gasteiger partial charge < -0.3 is 11.1 Å². The van der Waals surface area contributed by atoms with Crippen LogP contribution in [0.3, 0.4) is 0 Å². The number of rotatable bonds is 2. The third kappa shape index (κ3) is 2.31. The number of benzene rings is 1. The minimum absolute atomic E-state index is 0.298. The molecule has 1 rings (SSSR count). The lowest BCUT2D eigenvalue weighted by Crippen LogP contribution is -2.32. The molecule has 1 aromatic rings. The van der Waals surface area contributed by atoms with Crippen LogP contribution in [0.2, 0.25) is 0 Å². The van der Waals surface area contributed by atoms with Crippen molar-refractivity contribution < 1.29 is 4.79 Å². The molecule has 4 nitrogen and oxygen atoms in total. The maximum absolute atomic E-state index is 11.2. The number of hydrogen-bond donors (Lipinski definition) is 2. The fourth-order valence-corrected chi connectivity index (χ4v) is 0.936. The molecule has 0 fully saturated rings. The zero-order chi connectivity index (χ0) is 10.6. The second-order valence-corrected chi connectivity index (χ2v) is 2.94. The van der Waals surface area contributed by atoms with Gasteiger partial charge in [0.05, 0.1) is 17.3 Å². The van der Waals surface area contributed by atoms with Crippen LogP contribution in [0.25, 0.3) is 0 Å². The van der Waals surface area contributed by atoms with E-state index in [4.69, 9.17) is 11.0 Å². The van der Waals surface area contributed by atoms with Crippen molar-refractivity contribution in [2.45, 2.75) is 13.0 Å². The molecule has 0 saturated carbocycles. The summed E-state index contributed by atoms with van der Waals surface area (Å²) in [5.41, 5.74) is 6.31. The number of nitrogens with zero attached hydrogens (tertiary/aromatic N) is 1. The van der Waals surface area contributed by atoms with Gasteiger partial charge in [-0.25, -0.2) is 0 Å². The van der Waals surface area contributed by atoms with Crippen molar-refractivity contribution >= 4 is 11.6 Å². The highest BCUT2D eigenvalue weighted by molar-refractivity contribution is 5.95. The summed E-state index contributed by atoms with van der Waals surface area (Å²) < 4.78 is 0. The van der Waals surface area contributed by atoms with Crippen LogP contribution in [0.5, 0.6) is 0 Å². The molecule has 0 heterocycles. The van der Waals surface area contributed by atoms with E-state index in [-0.39, 0.29) is 5.91 Å². The van der Waals surface area contributed by atoms with Crippen molar-refractivity contribution in [3.8, 4) is 6.07 Å². The maximum Gasteiger partial charge on any atom is 0.241 e. The van der Waals surface area contributed by atoms with Crippen molar-refractivity contribution in [2.75, 3.05) is 5.32 Å². The molecule has 0 aromatic heterocycles. The minimum Gasteiger partial charge on any atom is -0.324 e. The van der Waals surface area contributed by atoms with E-state index in [1.807, 2.05) is 6.07 Å². The van der Waals surface area contributed by atoms with Gasteiger partial charge in [0, 0.05) is 0 Å². The fraction of sp³-hybridized carbons (Fsp3) is 0.200. The van der Waals surface area contributed by atoms with Gasteiger partial charge in [0.25, 0.3) is 0 Å². The Morgan fingerprint density at radius 1 is 1.57 bits per heavy atom. The lowest BCUT2D eigenvalue weighted by Gasteiger charge is -2.08. The van der Waals surface area contributed by atoms with E-state index in [9.17, 15) is 4.79 Å². The minimum atomic E-state index is -0.582. The zero-order valence-corrected chi connectivity index (χ0v) is 7.82. The molecule has 14 heavy (non-hydrogen) atoms. The maximum atomic E-state index is 11.2. The molecule has 0 aliphatic rings. The molecular formula is C10H11N3O. The van der Waals surface area contributed by atoms with Crippen LogP contribution in [0.4, 0.5) is 5.69 Å². The molecular weight excluding hydrogens is 178 g/mol. The first kappa shape index (κ1) is 10.2. The van der Waals surface area contributed by atoms with Gasteiger partial charge in [0.15, 0.2) is 0 Å². The van der Waals surface area contributed by atoms with Crippen LogP contribution < -0.4 is 11.1 Å². The summed E-state index contributed by atoms with van der Waals surface area (Å²) in [4.78, 5) is 11.2. The van der Waals surface area contributed by atoms with Crippen LogP contribution in [-0.2, 0) is 4.79 Å². The Bertz CT molecular complexity index is 379. The van der Waals surface area contributed by atoms with E-state index >= 15 is 0 Å². The SMILES string of the molecule is C[C@H](N)C(=O)Nc1ccccc1C#N. The van der Waals surface area contributed by atoms with E-state index < -0.39 is 6.04 Å². The smallest absolute Gasteiger partial charge is 0.241 e. The number of nitriles is 1. The summed E-state index contributed by atoms with van der Waals surface area (Å²) in [5, 5.41) is 11.3. The summed E-state index contributed by atoms with van der Waals surface area (Å²) in [6, 6.07) is 8.19. The average molecular weight is 189 g/mol. The average Bonchev–Trinajstić information content (AvgIpc) is 2.18. The number of nitrogens with two attached hydrogens (primary N) is 1. The van der Waals surface area contributed by atoms with Crippen LogP contribution in [-0.4, -0.2) is 11.9 Å². The first-order chi connectivity index (χ1) is 6.65. The van der Waals surface area contributed by atoms with Crippen LogP contribution >= 0.6 is 0 Å². The Kier molecular flexibility index (Phi) is 3.21. The third-order valence-electron chi connectivity index (χ3n) is 1.72. The number of para-hydroxylation sites is 1. The Labute approximate surface area is 82.3 Å². The Morgan fingerprint density at radius 3 is 2.79 bits per heavy atom. The molecule has 0 bridgehead atoms. The summed E-state index contributed by atoms with van der Waals surface area (Å²) in [6.45, 7) is 1.59. The van der Waals surface area contributed by atoms with E-state index in [1.165, 1.54) is 0 Å². The number of amides is 1. The topological polar surface area (TPSA) is 78.9 Å². The predicted molar refractivity (Wildman–Crippen MR) is 53.4 cm³/mol. The van der Waals surface area contributed by atoms with Crippen molar-refractivity contribution in [3.63, 3.8) is 0 Å². The molecule has 0 aliphatic heterocycles. The predicted octanol–water partition coefficient (Wildman–Crippen LogP) is 0.844. The molecule has 1 aromatic carbocycles. The number of hydrogen-bond acceptors (Lipinski definition) is 3. The molecule has 72 valence electrons. The lowest BCUT2D eigenvalue weighted by molar-refractivity contribution is -0.117. The molecule has 1 atom stereocenters. The van der Waals surface area contributed by atoms with E-state index in [0.29, 0.717) is 11.3 Å². The first-order valence-electron chi connectivity index (χ1n) is 4.20. The first-order valence-corrected chi connectivity index (χ1v) is 4.20. The molecule has 0 unspecified atom stereocenters. The summed E-state index contributed by atoms with van der Waals surface area (Å²) in [6.07, 6.45) is 0. The molecule has 0 spiro atoms. The van der Waals surface area contributed by atoms with Gasteiger partial charge in [-0.15, -0.1) is 0 Å². The van der Waals surface area contributed by atoms with E-state index in [1.54, 1.807) is 31.2 Å². The van der Waals surface area contributed by atoms with E-state index in [2.05, 4.69) is 5.32 Å². The Hall–Kier alpha value is -1.86. The number of carbonyl (C=O) groups is 1. The fourth-order valence-electron chi connectivity index (χ4n) is 0.936. The highest BCUT2D eigenvalue weighted by Crippen LogP contribution is 2.13. The highest BCUT2D eigenvalue weighted by Gasteiger charge is 2.09. The van der Waals surface area contributed by atoms with Gasteiger partial charge in [-0.1, -0.05) is 12.1 Å². The van der Waals surface area contributed by atoms with Gasteiger partial charge in [-0.05, 0) is 19.1 Å². The number of carbonyl (C=O) groups excluding carboxylic acids is 1. The van der Waals surface area contributed by atoms with Crippen LogP contribution in [0.15, 0.2) is 24.3 Å². The second-order valence-electron chi connectivity index (χ2n) is 2.94. The quantitative estimate of drug-likeness (QED) is 0.723. The van der Waals surface area contributed by atoms with Gasteiger partial charge in [0.2, 0.25) is 5.91 Å². The number of nitrogens with one attached hydrogen (secondary N) is 1. The van der Waals surface area contributed by atoms with Crippen molar-refractivity contribution in [2.24, 2.45) is 5.73 Å². The normalized spacial score (nSPS) is 11.5. The number of anilines is 1. The van der Waals surface area contributed by atoms with Crippen LogP contribution in [0, 0.1) is 11.3 Å². The van der Waals surface area contributed by atoms with Crippen LogP contribution in [0.1, 0.15) is 12.5 Å². The third-order valence-corrected chi connectivity index (χ3v) is 1.72. The van der Waals surface area contributed by atoms with Crippen molar-refractivity contribution in [1.82, 2.24) is 0 Å². The Balaban J connectivity index is 2.87. The second kappa shape index (κ2) is 4.40. The van der Waals surface area contributed by atoms with Crippen molar-refractivity contribution in [3.05, 3.63) is 29.8 Å². The molecule has 4 heteroatoms. The largest absolute Gasteiger partial charge is 0.324 e. The van der Waals surface area contributed by atoms with Gasteiger partial charge >= 0.3 is 0 Å². The molecule has 0 aliphatic carbocycles. The summed E-state index contributed by atoms with van der Waals surface area (Å²) >= 11 is 0. The summed E-state index contributed by atoms with van der Waals surface area (Å²) in [5.74, 6) is -0.298. The van der Waals surface area contributed by atoms with Crippen molar-refractivity contribution in [1.29, 1.82) is 5.26 Å². The van der Waals surface area contributed by atoms with Gasteiger partial charge in [-0.3, -0.25) is 4.79 Å². The Morgan fingerprint density at radius 2 is 2.21 bits per heavy atom. The zero-order valence-electron chi connectivity index (χ0n) is 7.82. The molecule has 1 amide bonds. The standard InChI is InChI=1S/C10H11N3O/c1-7(12)10(14)13-9-5-3-2-4-8(9)6-11/h2-5,7H,12H2,1H3,(H,13,14)/t7-/m0/s1. The van der Waals surface area contributed by atoms with Gasteiger partial charge in [0.1, 0.15) is 6.07 Å². The highest BCUT2D eigenvalue weighted by atomic mass is 16.2. The monoisotopic (exact) mass is 189 g/mol. The molecule has 0 radical (unpaired) electrons. The van der Waals surface area contributed by atoms with Gasteiger partial charge in [-0.2, -0.15) is 5.26 Å². The molecule has 0 saturated heterocycles.